The summed E-state index contributed by atoms with van der Waals surface area (Å²) in [5.74, 6) is 0.728. The number of nitrogens with one attached hydrogen (secondary N) is 1. The molecule has 6 heteroatoms. The van der Waals surface area contributed by atoms with Crippen molar-refractivity contribution in [2.24, 2.45) is 0 Å². The van der Waals surface area contributed by atoms with Gasteiger partial charge in [-0.05, 0) is 30.7 Å². The lowest BCUT2D eigenvalue weighted by Crippen LogP contribution is -2.39. The van der Waals surface area contributed by atoms with Gasteiger partial charge in [0.15, 0.2) is 0 Å². The Labute approximate surface area is 128 Å². The van der Waals surface area contributed by atoms with Crippen LogP contribution in [0.3, 0.4) is 0 Å². The average Bonchev–Trinajstić information content (AvgIpc) is 2.39. The van der Waals surface area contributed by atoms with Crippen LogP contribution in [0.15, 0.2) is 28.7 Å². The first-order chi connectivity index (χ1) is 8.65. The van der Waals surface area contributed by atoms with Crippen molar-refractivity contribution in [2.75, 3.05) is 19.8 Å². The van der Waals surface area contributed by atoms with Gasteiger partial charge in [0, 0.05) is 17.1 Å². The zero-order valence-electron chi connectivity index (χ0n) is 10.9. The Kier molecular flexibility index (Phi) is 10.3. The lowest BCUT2D eigenvalue weighted by molar-refractivity contribution is 0.0995. The lowest BCUT2D eigenvalue weighted by atomic mass is 10.2. The van der Waals surface area contributed by atoms with Crippen molar-refractivity contribution < 1.29 is 14.9 Å². The summed E-state index contributed by atoms with van der Waals surface area (Å²) in [6, 6.07) is 7.49. The summed E-state index contributed by atoms with van der Waals surface area (Å²) in [4.78, 5) is 0. The molecule has 0 spiro atoms. The van der Waals surface area contributed by atoms with E-state index in [1.165, 1.54) is 0 Å². The first-order valence-electron chi connectivity index (χ1n) is 6.06. The summed E-state index contributed by atoms with van der Waals surface area (Å²) in [5.41, 5.74) is 0. The summed E-state index contributed by atoms with van der Waals surface area (Å²) in [5, 5.41) is 21.8. The SMILES string of the molecule is CCC(CO)NCC(O)COc1ccc(Br)cc1.Cl. The highest BCUT2D eigenvalue weighted by Gasteiger charge is 2.09. The van der Waals surface area contributed by atoms with E-state index in [9.17, 15) is 5.11 Å². The number of ether oxygens (including phenoxy) is 1. The van der Waals surface area contributed by atoms with Crippen LogP contribution in [-0.4, -0.2) is 42.1 Å². The van der Waals surface area contributed by atoms with Gasteiger partial charge in [-0.15, -0.1) is 12.4 Å². The number of hydrogen-bond donors (Lipinski definition) is 3. The van der Waals surface area contributed by atoms with Gasteiger partial charge in [-0.3, -0.25) is 0 Å². The van der Waals surface area contributed by atoms with Crippen molar-refractivity contribution in [3.8, 4) is 5.75 Å². The fraction of sp³-hybridized carbons (Fsp3) is 0.538. The molecule has 0 aliphatic rings. The van der Waals surface area contributed by atoms with Gasteiger partial charge in [0.1, 0.15) is 18.5 Å². The van der Waals surface area contributed by atoms with E-state index < -0.39 is 6.10 Å². The number of hydrogen-bond acceptors (Lipinski definition) is 4. The monoisotopic (exact) mass is 353 g/mol. The Balaban J connectivity index is 0.00000324. The second-order valence-electron chi connectivity index (χ2n) is 4.11. The summed E-state index contributed by atoms with van der Waals surface area (Å²) >= 11 is 3.34. The molecule has 0 aromatic heterocycles. The van der Waals surface area contributed by atoms with Gasteiger partial charge in [-0.25, -0.2) is 0 Å². The number of aliphatic hydroxyl groups excluding tert-OH is 2. The molecule has 0 saturated carbocycles. The Morgan fingerprint density at radius 2 is 1.95 bits per heavy atom. The summed E-state index contributed by atoms with van der Waals surface area (Å²) < 4.78 is 6.44. The molecule has 110 valence electrons. The molecule has 2 atom stereocenters. The van der Waals surface area contributed by atoms with Crippen LogP contribution in [0.1, 0.15) is 13.3 Å². The van der Waals surface area contributed by atoms with Crippen LogP contribution in [0.2, 0.25) is 0 Å². The van der Waals surface area contributed by atoms with Gasteiger partial charge >= 0.3 is 0 Å². The molecule has 0 heterocycles. The van der Waals surface area contributed by atoms with Crippen LogP contribution in [0.25, 0.3) is 0 Å². The van der Waals surface area contributed by atoms with E-state index in [4.69, 9.17) is 9.84 Å². The van der Waals surface area contributed by atoms with E-state index >= 15 is 0 Å². The van der Waals surface area contributed by atoms with Gasteiger partial charge in [0.25, 0.3) is 0 Å². The van der Waals surface area contributed by atoms with E-state index in [0.717, 1.165) is 16.6 Å². The highest BCUT2D eigenvalue weighted by Crippen LogP contribution is 2.16. The number of rotatable bonds is 8. The van der Waals surface area contributed by atoms with Crippen LogP contribution in [0.5, 0.6) is 5.75 Å². The molecule has 0 fully saturated rings. The zero-order chi connectivity index (χ0) is 13.4. The Bertz CT molecular complexity index is 333. The molecule has 1 aromatic rings. The van der Waals surface area contributed by atoms with Gasteiger partial charge in [-0.1, -0.05) is 22.9 Å². The van der Waals surface area contributed by atoms with Crippen molar-refractivity contribution in [1.29, 1.82) is 0 Å². The molecular formula is C13H21BrClNO3. The van der Waals surface area contributed by atoms with E-state index in [1.54, 1.807) is 0 Å². The molecule has 3 N–H and O–H groups in total. The fourth-order valence-corrected chi connectivity index (χ4v) is 1.69. The quantitative estimate of drug-likeness (QED) is 0.668. The summed E-state index contributed by atoms with van der Waals surface area (Å²) in [6.07, 6.45) is 0.241. The molecule has 2 unspecified atom stereocenters. The molecule has 4 nitrogen and oxygen atoms in total. The van der Waals surface area contributed by atoms with Crippen LogP contribution in [0.4, 0.5) is 0 Å². The Morgan fingerprint density at radius 3 is 2.47 bits per heavy atom. The van der Waals surface area contributed by atoms with E-state index in [2.05, 4.69) is 21.2 Å². The topological polar surface area (TPSA) is 61.7 Å². The molecule has 0 amide bonds. The lowest BCUT2D eigenvalue weighted by Gasteiger charge is -2.17. The molecule has 0 aliphatic carbocycles. The molecular weight excluding hydrogens is 334 g/mol. The summed E-state index contributed by atoms with van der Waals surface area (Å²) in [6.45, 7) is 2.71. The third-order valence-electron chi connectivity index (χ3n) is 2.61. The molecule has 0 saturated heterocycles. The van der Waals surface area contributed by atoms with Crippen molar-refractivity contribution >= 4 is 28.3 Å². The molecule has 0 radical (unpaired) electrons. The minimum Gasteiger partial charge on any atom is -0.491 e. The predicted molar refractivity (Wildman–Crippen MR) is 82.1 cm³/mol. The maximum Gasteiger partial charge on any atom is 0.119 e. The first kappa shape index (κ1) is 18.7. The van der Waals surface area contributed by atoms with E-state index in [1.807, 2.05) is 31.2 Å². The normalized spacial score (nSPS) is 13.5. The minimum absolute atomic E-state index is 0. The molecule has 0 bridgehead atoms. The maximum absolute atomic E-state index is 9.73. The second kappa shape index (κ2) is 10.5. The highest BCUT2D eigenvalue weighted by atomic mass is 79.9. The third kappa shape index (κ3) is 7.74. The third-order valence-corrected chi connectivity index (χ3v) is 3.14. The van der Waals surface area contributed by atoms with Gasteiger partial charge in [0.05, 0.1) is 6.61 Å². The molecule has 1 aromatic carbocycles. The van der Waals surface area contributed by atoms with Crippen molar-refractivity contribution in [2.45, 2.75) is 25.5 Å². The van der Waals surface area contributed by atoms with Gasteiger partial charge in [-0.2, -0.15) is 0 Å². The second-order valence-corrected chi connectivity index (χ2v) is 5.03. The maximum atomic E-state index is 9.73. The zero-order valence-corrected chi connectivity index (χ0v) is 13.3. The van der Waals surface area contributed by atoms with Gasteiger partial charge < -0.3 is 20.3 Å². The summed E-state index contributed by atoms with van der Waals surface area (Å²) in [7, 11) is 0. The van der Waals surface area contributed by atoms with Crippen molar-refractivity contribution in [3.63, 3.8) is 0 Å². The Morgan fingerprint density at radius 1 is 1.32 bits per heavy atom. The number of aliphatic hydroxyl groups is 2. The largest absolute Gasteiger partial charge is 0.491 e. The Hall–Kier alpha value is -0.330. The number of halogens is 2. The molecule has 0 aliphatic heterocycles. The van der Waals surface area contributed by atoms with Crippen LogP contribution in [-0.2, 0) is 0 Å². The molecule has 1 rings (SSSR count). The van der Waals surface area contributed by atoms with E-state index in [-0.39, 0.29) is 31.7 Å². The predicted octanol–water partition coefficient (Wildman–Crippen LogP) is 1.97. The molecule has 19 heavy (non-hydrogen) atoms. The van der Waals surface area contributed by atoms with Crippen LogP contribution in [0, 0.1) is 0 Å². The smallest absolute Gasteiger partial charge is 0.119 e. The highest BCUT2D eigenvalue weighted by molar-refractivity contribution is 9.10. The standard InChI is InChI=1S/C13H20BrNO3.ClH/c1-2-11(8-16)15-7-12(17)9-18-13-5-3-10(14)4-6-13;/h3-6,11-12,15-17H,2,7-9H2,1H3;1H. The van der Waals surface area contributed by atoms with Crippen molar-refractivity contribution in [3.05, 3.63) is 28.7 Å². The van der Waals surface area contributed by atoms with Crippen LogP contribution >= 0.6 is 28.3 Å². The van der Waals surface area contributed by atoms with E-state index in [0.29, 0.717) is 6.54 Å². The average molecular weight is 355 g/mol. The van der Waals surface area contributed by atoms with Crippen LogP contribution < -0.4 is 10.1 Å². The van der Waals surface area contributed by atoms with Gasteiger partial charge in [0.2, 0.25) is 0 Å². The first-order valence-corrected chi connectivity index (χ1v) is 6.85. The van der Waals surface area contributed by atoms with Crippen molar-refractivity contribution in [1.82, 2.24) is 5.32 Å². The minimum atomic E-state index is -0.589. The fourth-order valence-electron chi connectivity index (χ4n) is 1.42. The number of benzene rings is 1.